The Balaban J connectivity index is 1.94. The molecule has 0 radical (unpaired) electrons. The van der Waals surface area contributed by atoms with Crippen molar-refractivity contribution in [1.82, 2.24) is 0 Å². The van der Waals surface area contributed by atoms with Crippen LogP contribution in [0.1, 0.15) is 26.7 Å². The van der Waals surface area contributed by atoms with Crippen molar-refractivity contribution in [3.05, 3.63) is 12.2 Å². The summed E-state index contributed by atoms with van der Waals surface area (Å²) in [5.41, 5.74) is 0. The molecular formula is C12H20O2. The van der Waals surface area contributed by atoms with Crippen LogP contribution in [0.15, 0.2) is 12.2 Å². The number of rotatable bonds is 5. The maximum Gasteiger partial charge on any atom is 0.160 e. The number of hydrogen-bond donors (Lipinski definition) is 0. The van der Waals surface area contributed by atoms with Crippen LogP contribution in [-0.2, 0) is 9.47 Å². The van der Waals surface area contributed by atoms with Crippen LogP contribution in [0.2, 0.25) is 0 Å². The quantitative estimate of drug-likeness (QED) is 0.497. The van der Waals surface area contributed by atoms with Gasteiger partial charge in [-0.25, -0.2) is 0 Å². The molecule has 0 aromatic heterocycles. The predicted molar refractivity (Wildman–Crippen MR) is 55.9 cm³/mol. The average Bonchev–Trinajstić information content (AvgIpc) is 2.78. The lowest BCUT2D eigenvalue weighted by molar-refractivity contribution is -0.171. The molecule has 0 amide bonds. The molecule has 2 rings (SSSR count). The van der Waals surface area contributed by atoms with Crippen molar-refractivity contribution in [3.63, 3.8) is 0 Å². The van der Waals surface area contributed by atoms with E-state index in [4.69, 9.17) is 9.47 Å². The van der Waals surface area contributed by atoms with E-state index in [2.05, 4.69) is 12.2 Å². The summed E-state index contributed by atoms with van der Waals surface area (Å²) in [6.07, 6.45) is 7.32. The Labute approximate surface area is 86.3 Å². The topological polar surface area (TPSA) is 18.5 Å². The molecule has 0 aromatic rings. The highest BCUT2D eigenvalue weighted by atomic mass is 16.7. The van der Waals surface area contributed by atoms with Gasteiger partial charge in [0.25, 0.3) is 0 Å². The smallest absolute Gasteiger partial charge is 0.160 e. The van der Waals surface area contributed by atoms with Crippen molar-refractivity contribution >= 4 is 0 Å². The summed E-state index contributed by atoms with van der Waals surface area (Å²) >= 11 is 0. The second kappa shape index (κ2) is 4.45. The number of ether oxygens (including phenoxy) is 2. The molecule has 2 aliphatic rings. The van der Waals surface area contributed by atoms with Crippen molar-refractivity contribution in [2.75, 3.05) is 13.2 Å². The lowest BCUT2D eigenvalue weighted by atomic mass is 9.93. The van der Waals surface area contributed by atoms with Crippen molar-refractivity contribution < 1.29 is 9.47 Å². The van der Waals surface area contributed by atoms with E-state index in [0.717, 1.165) is 19.1 Å². The molecule has 1 saturated carbocycles. The Morgan fingerprint density at radius 1 is 1.14 bits per heavy atom. The first kappa shape index (κ1) is 10.2. The first-order valence-electron chi connectivity index (χ1n) is 5.76. The first-order chi connectivity index (χ1) is 6.85. The van der Waals surface area contributed by atoms with E-state index in [0.29, 0.717) is 11.8 Å². The third kappa shape index (κ3) is 1.86. The van der Waals surface area contributed by atoms with Gasteiger partial charge in [0.1, 0.15) is 0 Å². The molecule has 0 heterocycles. The van der Waals surface area contributed by atoms with E-state index in [1.807, 2.05) is 13.8 Å². The van der Waals surface area contributed by atoms with E-state index >= 15 is 0 Å². The highest BCUT2D eigenvalue weighted by Crippen LogP contribution is 2.45. The summed E-state index contributed by atoms with van der Waals surface area (Å²) in [5.74, 6) is 2.11. The molecule has 1 fully saturated rings. The Hall–Kier alpha value is -0.340. The van der Waals surface area contributed by atoms with E-state index in [9.17, 15) is 0 Å². The second-order valence-corrected chi connectivity index (χ2v) is 4.22. The van der Waals surface area contributed by atoms with Gasteiger partial charge in [-0.2, -0.15) is 0 Å². The molecule has 0 aliphatic heterocycles. The molecule has 2 aliphatic carbocycles. The van der Waals surface area contributed by atoms with Gasteiger partial charge >= 0.3 is 0 Å². The lowest BCUT2D eigenvalue weighted by Crippen LogP contribution is -2.30. The van der Waals surface area contributed by atoms with Crippen LogP contribution in [0.4, 0.5) is 0 Å². The van der Waals surface area contributed by atoms with Gasteiger partial charge in [0.15, 0.2) is 6.29 Å². The number of allylic oxidation sites excluding steroid dienone is 2. The normalized spacial score (nSPS) is 34.6. The Kier molecular flexibility index (Phi) is 3.24. The maximum absolute atomic E-state index is 5.66. The highest BCUT2D eigenvalue weighted by Gasteiger charge is 2.40. The fourth-order valence-electron chi connectivity index (χ4n) is 2.76. The molecule has 0 saturated heterocycles. The third-order valence-corrected chi connectivity index (χ3v) is 3.34. The summed E-state index contributed by atoms with van der Waals surface area (Å²) < 4.78 is 11.3. The second-order valence-electron chi connectivity index (χ2n) is 4.22. The monoisotopic (exact) mass is 196 g/mol. The molecule has 0 N–H and O–H groups in total. The van der Waals surface area contributed by atoms with Crippen LogP contribution in [0.5, 0.6) is 0 Å². The molecule has 0 unspecified atom stereocenters. The maximum atomic E-state index is 5.66. The van der Waals surface area contributed by atoms with Crippen molar-refractivity contribution in [2.45, 2.75) is 33.0 Å². The summed E-state index contributed by atoms with van der Waals surface area (Å²) in [4.78, 5) is 0. The summed E-state index contributed by atoms with van der Waals surface area (Å²) in [6, 6.07) is 0. The van der Waals surface area contributed by atoms with E-state index in [1.165, 1.54) is 12.8 Å². The largest absolute Gasteiger partial charge is 0.353 e. The molecule has 0 spiro atoms. The lowest BCUT2D eigenvalue weighted by Gasteiger charge is -2.27. The van der Waals surface area contributed by atoms with Gasteiger partial charge < -0.3 is 9.47 Å². The summed E-state index contributed by atoms with van der Waals surface area (Å²) in [7, 11) is 0. The van der Waals surface area contributed by atoms with Gasteiger partial charge in [-0.05, 0) is 38.5 Å². The zero-order chi connectivity index (χ0) is 9.97. The Morgan fingerprint density at radius 3 is 2.29 bits per heavy atom. The highest BCUT2D eigenvalue weighted by molar-refractivity contribution is 5.10. The predicted octanol–water partition coefficient (Wildman–Crippen LogP) is 2.60. The molecule has 80 valence electrons. The van der Waals surface area contributed by atoms with Crippen LogP contribution in [0, 0.1) is 17.8 Å². The van der Waals surface area contributed by atoms with Gasteiger partial charge in [-0.1, -0.05) is 12.2 Å². The summed E-state index contributed by atoms with van der Waals surface area (Å²) in [6.45, 7) is 5.58. The number of hydrogen-bond acceptors (Lipinski definition) is 2. The average molecular weight is 196 g/mol. The molecule has 3 atom stereocenters. The van der Waals surface area contributed by atoms with Crippen molar-refractivity contribution in [2.24, 2.45) is 17.8 Å². The van der Waals surface area contributed by atoms with Gasteiger partial charge in [0.05, 0.1) is 0 Å². The zero-order valence-electron chi connectivity index (χ0n) is 9.11. The zero-order valence-corrected chi connectivity index (χ0v) is 9.11. The molecule has 2 heteroatoms. The fourth-order valence-corrected chi connectivity index (χ4v) is 2.76. The fraction of sp³-hybridized carbons (Fsp3) is 0.833. The van der Waals surface area contributed by atoms with E-state index in [-0.39, 0.29) is 6.29 Å². The van der Waals surface area contributed by atoms with Crippen molar-refractivity contribution in [3.8, 4) is 0 Å². The van der Waals surface area contributed by atoms with Crippen LogP contribution in [0.3, 0.4) is 0 Å². The van der Waals surface area contributed by atoms with Crippen LogP contribution >= 0.6 is 0 Å². The van der Waals surface area contributed by atoms with Gasteiger partial charge in [-0.3, -0.25) is 0 Å². The molecular weight excluding hydrogens is 176 g/mol. The van der Waals surface area contributed by atoms with Gasteiger partial charge in [-0.15, -0.1) is 0 Å². The van der Waals surface area contributed by atoms with E-state index < -0.39 is 0 Å². The molecule has 14 heavy (non-hydrogen) atoms. The summed E-state index contributed by atoms with van der Waals surface area (Å²) in [5, 5.41) is 0. The SMILES string of the molecule is CCOC(OCC)[C@H]1C[C@H]2C=C[C@@H]1C2. The minimum Gasteiger partial charge on any atom is -0.353 e. The third-order valence-electron chi connectivity index (χ3n) is 3.34. The minimum absolute atomic E-state index is 0.0324. The van der Waals surface area contributed by atoms with Gasteiger partial charge in [0.2, 0.25) is 0 Å². The minimum atomic E-state index is 0.0324. The number of fused-ring (bicyclic) bond motifs is 2. The Morgan fingerprint density at radius 2 is 1.86 bits per heavy atom. The van der Waals surface area contributed by atoms with Crippen LogP contribution in [-0.4, -0.2) is 19.5 Å². The van der Waals surface area contributed by atoms with E-state index in [1.54, 1.807) is 0 Å². The molecule has 0 aromatic carbocycles. The van der Waals surface area contributed by atoms with Crippen molar-refractivity contribution in [1.29, 1.82) is 0 Å². The Bertz CT molecular complexity index is 206. The molecule has 2 nitrogen and oxygen atoms in total. The van der Waals surface area contributed by atoms with Gasteiger partial charge in [0, 0.05) is 19.1 Å². The standard InChI is InChI=1S/C12H20O2/c1-3-13-12(14-4-2)11-8-9-5-6-10(11)7-9/h5-6,9-12H,3-4,7-8H2,1-2H3/t9-,10+,11-/m0/s1. The first-order valence-corrected chi connectivity index (χ1v) is 5.76. The molecule has 2 bridgehead atoms. The van der Waals surface area contributed by atoms with Crippen LogP contribution < -0.4 is 0 Å². The van der Waals surface area contributed by atoms with Crippen LogP contribution in [0.25, 0.3) is 0 Å².